The van der Waals surface area contributed by atoms with Crippen molar-refractivity contribution in [3.63, 3.8) is 0 Å². The van der Waals surface area contributed by atoms with Crippen LogP contribution in [0, 0.1) is 0 Å². The number of amides is 1. The minimum atomic E-state index is 0.142. The van der Waals surface area contributed by atoms with Gasteiger partial charge in [0.2, 0.25) is 0 Å². The number of hydrogen-bond donors (Lipinski definition) is 0. The predicted octanol–water partition coefficient (Wildman–Crippen LogP) is 3.87. The van der Waals surface area contributed by atoms with Crippen LogP contribution in [0.3, 0.4) is 0 Å². The SMILES string of the molecule is O=C(c1ccc2ncccc2c1)N1CCC[C@@H]1CCc1ccncc1. The molecule has 0 unspecified atom stereocenters. The van der Waals surface area contributed by atoms with E-state index in [9.17, 15) is 4.79 Å². The summed E-state index contributed by atoms with van der Waals surface area (Å²) in [6.07, 6.45) is 9.60. The van der Waals surface area contributed by atoms with Crippen molar-refractivity contribution in [3.8, 4) is 0 Å². The summed E-state index contributed by atoms with van der Waals surface area (Å²) < 4.78 is 0. The van der Waals surface area contributed by atoms with Crippen molar-refractivity contribution in [1.82, 2.24) is 14.9 Å². The Balaban J connectivity index is 1.49. The molecule has 1 saturated heterocycles. The molecule has 1 aliphatic heterocycles. The zero-order chi connectivity index (χ0) is 17.1. The van der Waals surface area contributed by atoms with Crippen LogP contribution in [0.5, 0.6) is 0 Å². The van der Waals surface area contributed by atoms with E-state index in [2.05, 4.69) is 27.0 Å². The van der Waals surface area contributed by atoms with E-state index in [1.165, 1.54) is 5.56 Å². The van der Waals surface area contributed by atoms with Crippen LogP contribution in [-0.4, -0.2) is 33.4 Å². The van der Waals surface area contributed by atoms with Gasteiger partial charge in [0.15, 0.2) is 0 Å². The lowest BCUT2D eigenvalue weighted by Gasteiger charge is -2.25. The molecule has 25 heavy (non-hydrogen) atoms. The van der Waals surface area contributed by atoms with Gasteiger partial charge in [0.1, 0.15) is 0 Å². The average molecular weight is 331 g/mol. The van der Waals surface area contributed by atoms with Gasteiger partial charge in [0.25, 0.3) is 5.91 Å². The molecule has 0 aliphatic carbocycles. The number of hydrogen-bond acceptors (Lipinski definition) is 3. The van der Waals surface area contributed by atoms with Gasteiger partial charge in [-0.25, -0.2) is 0 Å². The molecule has 0 N–H and O–H groups in total. The zero-order valence-corrected chi connectivity index (χ0v) is 14.1. The summed E-state index contributed by atoms with van der Waals surface area (Å²) >= 11 is 0. The van der Waals surface area contributed by atoms with Crippen molar-refractivity contribution in [2.45, 2.75) is 31.7 Å². The first-order chi connectivity index (χ1) is 12.3. The third-order valence-corrected chi connectivity index (χ3v) is 5.00. The number of benzene rings is 1. The zero-order valence-electron chi connectivity index (χ0n) is 14.1. The number of aryl methyl sites for hydroxylation is 1. The molecule has 3 heterocycles. The van der Waals surface area contributed by atoms with E-state index in [4.69, 9.17) is 0 Å². The van der Waals surface area contributed by atoms with Gasteiger partial charge in [-0.3, -0.25) is 14.8 Å². The Morgan fingerprint density at radius 2 is 2.00 bits per heavy atom. The molecule has 1 aliphatic rings. The van der Waals surface area contributed by atoms with E-state index in [1.807, 2.05) is 42.7 Å². The van der Waals surface area contributed by atoms with Crippen molar-refractivity contribution >= 4 is 16.8 Å². The standard InChI is InChI=1S/C21H21N3O/c25-21(18-6-8-20-17(15-18)3-1-11-23-20)24-14-2-4-19(24)7-5-16-9-12-22-13-10-16/h1,3,6,8-13,15,19H,2,4-5,7,14H2/t19-/m1/s1. The summed E-state index contributed by atoms with van der Waals surface area (Å²) in [5, 5.41) is 1.01. The second-order valence-corrected chi connectivity index (χ2v) is 6.60. The van der Waals surface area contributed by atoms with Crippen molar-refractivity contribution in [2.75, 3.05) is 6.54 Å². The Hall–Kier alpha value is -2.75. The smallest absolute Gasteiger partial charge is 0.254 e. The van der Waals surface area contributed by atoms with Gasteiger partial charge in [-0.05, 0) is 67.6 Å². The van der Waals surface area contributed by atoms with Crippen molar-refractivity contribution < 1.29 is 4.79 Å². The predicted molar refractivity (Wildman–Crippen MR) is 98.4 cm³/mol. The molecular weight excluding hydrogens is 310 g/mol. The summed E-state index contributed by atoms with van der Waals surface area (Å²) in [5.41, 5.74) is 2.97. The molecule has 0 saturated carbocycles. The van der Waals surface area contributed by atoms with Crippen LogP contribution in [0.1, 0.15) is 35.2 Å². The summed E-state index contributed by atoms with van der Waals surface area (Å²) in [6.45, 7) is 0.852. The van der Waals surface area contributed by atoms with Crippen LogP contribution < -0.4 is 0 Å². The Morgan fingerprint density at radius 1 is 1.12 bits per heavy atom. The number of pyridine rings is 2. The molecule has 126 valence electrons. The van der Waals surface area contributed by atoms with Crippen LogP contribution >= 0.6 is 0 Å². The summed E-state index contributed by atoms with van der Waals surface area (Å²) in [4.78, 5) is 23.5. The summed E-state index contributed by atoms with van der Waals surface area (Å²) in [5.74, 6) is 0.142. The lowest BCUT2D eigenvalue weighted by molar-refractivity contribution is 0.0731. The van der Waals surface area contributed by atoms with Gasteiger partial charge in [0, 0.05) is 42.1 Å². The molecule has 1 atom stereocenters. The van der Waals surface area contributed by atoms with E-state index < -0.39 is 0 Å². The first-order valence-electron chi connectivity index (χ1n) is 8.86. The maximum Gasteiger partial charge on any atom is 0.254 e. The maximum atomic E-state index is 13.0. The molecule has 0 spiro atoms. The minimum Gasteiger partial charge on any atom is -0.336 e. The Morgan fingerprint density at radius 3 is 2.88 bits per heavy atom. The van der Waals surface area contributed by atoms with Crippen molar-refractivity contribution in [1.29, 1.82) is 0 Å². The summed E-state index contributed by atoms with van der Waals surface area (Å²) in [6, 6.07) is 14.1. The number of nitrogens with zero attached hydrogens (tertiary/aromatic N) is 3. The third kappa shape index (κ3) is 3.38. The van der Waals surface area contributed by atoms with Gasteiger partial charge >= 0.3 is 0 Å². The molecule has 1 aromatic carbocycles. The maximum absolute atomic E-state index is 13.0. The second-order valence-electron chi connectivity index (χ2n) is 6.60. The van der Waals surface area contributed by atoms with Gasteiger partial charge in [0.05, 0.1) is 5.52 Å². The highest BCUT2D eigenvalue weighted by atomic mass is 16.2. The first kappa shape index (κ1) is 15.8. The molecule has 2 aromatic heterocycles. The largest absolute Gasteiger partial charge is 0.336 e. The van der Waals surface area contributed by atoms with E-state index >= 15 is 0 Å². The number of carbonyl (C=O) groups is 1. The molecule has 3 aromatic rings. The van der Waals surface area contributed by atoms with E-state index in [0.29, 0.717) is 6.04 Å². The molecular formula is C21H21N3O. The fourth-order valence-electron chi connectivity index (χ4n) is 3.66. The number of likely N-dealkylation sites (tertiary alicyclic amines) is 1. The van der Waals surface area contributed by atoms with Gasteiger partial charge in [-0.15, -0.1) is 0 Å². The Kier molecular flexibility index (Phi) is 4.42. The monoisotopic (exact) mass is 331 g/mol. The summed E-state index contributed by atoms with van der Waals surface area (Å²) in [7, 11) is 0. The highest BCUT2D eigenvalue weighted by Gasteiger charge is 2.29. The number of carbonyl (C=O) groups excluding carboxylic acids is 1. The molecule has 1 fully saturated rings. The van der Waals surface area contributed by atoms with Crippen LogP contribution in [0.4, 0.5) is 0 Å². The molecule has 4 rings (SSSR count). The third-order valence-electron chi connectivity index (χ3n) is 5.00. The molecule has 4 nitrogen and oxygen atoms in total. The van der Waals surface area contributed by atoms with Gasteiger partial charge < -0.3 is 4.90 Å². The minimum absolute atomic E-state index is 0.142. The fourth-order valence-corrected chi connectivity index (χ4v) is 3.66. The lowest BCUT2D eigenvalue weighted by atomic mass is 10.0. The van der Waals surface area contributed by atoms with Crippen molar-refractivity contribution in [3.05, 3.63) is 72.2 Å². The topological polar surface area (TPSA) is 46.1 Å². The van der Waals surface area contributed by atoms with Gasteiger partial charge in [-0.1, -0.05) is 6.07 Å². The Labute approximate surface area is 147 Å². The number of rotatable bonds is 4. The number of fused-ring (bicyclic) bond motifs is 1. The fraction of sp³-hybridized carbons (Fsp3) is 0.286. The normalized spacial score (nSPS) is 17.1. The van der Waals surface area contributed by atoms with Crippen molar-refractivity contribution in [2.24, 2.45) is 0 Å². The van der Waals surface area contributed by atoms with Crippen LogP contribution in [0.25, 0.3) is 10.9 Å². The van der Waals surface area contributed by atoms with E-state index in [1.54, 1.807) is 6.20 Å². The van der Waals surface area contributed by atoms with Crippen LogP contribution in [0.15, 0.2) is 61.1 Å². The lowest BCUT2D eigenvalue weighted by Crippen LogP contribution is -2.35. The molecule has 0 bridgehead atoms. The second kappa shape index (κ2) is 7.01. The van der Waals surface area contributed by atoms with Gasteiger partial charge in [-0.2, -0.15) is 0 Å². The molecule has 1 amide bonds. The quantitative estimate of drug-likeness (QED) is 0.729. The van der Waals surface area contributed by atoms with Crippen LogP contribution in [-0.2, 0) is 6.42 Å². The highest BCUT2D eigenvalue weighted by Crippen LogP contribution is 2.25. The highest BCUT2D eigenvalue weighted by molar-refractivity contribution is 5.98. The molecule has 4 heteroatoms. The van der Waals surface area contributed by atoms with E-state index in [-0.39, 0.29) is 5.91 Å². The number of aromatic nitrogens is 2. The Bertz CT molecular complexity index is 878. The van der Waals surface area contributed by atoms with E-state index in [0.717, 1.165) is 48.7 Å². The average Bonchev–Trinajstić information content (AvgIpc) is 3.15. The molecule has 0 radical (unpaired) electrons. The van der Waals surface area contributed by atoms with Crippen LogP contribution in [0.2, 0.25) is 0 Å². The first-order valence-corrected chi connectivity index (χ1v) is 8.86.